The molecule has 2 amide bonds. The molecule has 170 valence electrons. The number of benzene rings is 3. The van der Waals surface area contributed by atoms with Crippen LogP contribution in [-0.2, 0) is 6.54 Å². The number of hydrogen-bond acceptors (Lipinski definition) is 4. The quantitative estimate of drug-likeness (QED) is 0.471. The van der Waals surface area contributed by atoms with E-state index in [2.05, 4.69) is 29.4 Å². The number of carbonyl (C=O) groups excluding carboxylic acids is 1. The highest BCUT2D eigenvalue weighted by Crippen LogP contribution is 2.53. The summed E-state index contributed by atoms with van der Waals surface area (Å²) in [7, 11) is -1.47. The lowest BCUT2D eigenvalue weighted by Gasteiger charge is -2.28. The third-order valence-electron chi connectivity index (χ3n) is 6.24. The predicted molar refractivity (Wildman–Crippen MR) is 130 cm³/mol. The fourth-order valence-electron chi connectivity index (χ4n) is 4.71. The van der Waals surface area contributed by atoms with E-state index in [1.807, 2.05) is 78.2 Å². The van der Waals surface area contributed by atoms with Crippen molar-refractivity contribution in [3.8, 4) is 11.5 Å². The summed E-state index contributed by atoms with van der Waals surface area (Å²) in [5.41, 5.74) is 3.16. The zero-order valence-electron chi connectivity index (χ0n) is 18.8. The van der Waals surface area contributed by atoms with E-state index in [0.29, 0.717) is 19.6 Å². The van der Waals surface area contributed by atoms with E-state index < -0.39 is 8.53 Å². The van der Waals surface area contributed by atoms with Crippen molar-refractivity contribution in [1.82, 2.24) is 14.9 Å². The largest absolute Gasteiger partial charge is 0.427 e. The van der Waals surface area contributed by atoms with E-state index in [0.717, 1.165) is 28.2 Å². The lowest BCUT2D eigenvalue weighted by molar-refractivity contribution is 0.188. The summed E-state index contributed by atoms with van der Waals surface area (Å²) in [5.74, 6) is 1.49. The predicted octanol–water partition coefficient (Wildman–Crippen LogP) is 6.03. The SMILES string of the molecule is CCN1C(=O)N(CC)[C@@H]2c3ccccc3OP(NCc3ccccc3)Oc3ccccc3[C@H]21. The Hall–Kier alpha value is -3.08. The van der Waals surface area contributed by atoms with Crippen LogP contribution in [0.25, 0.3) is 0 Å². The molecular formula is C26H28N3O3P. The Kier molecular flexibility index (Phi) is 6.21. The second kappa shape index (κ2) is 9.42. The van der Waals surface area contributed by atoms with Gasteiger partial charge in [0.2, 0.25) is 0 Å². The van der Waals surface area contributed by atoms with Gasteiger partial charge in [0, 0.05) is 30.8 Å². The lowest BCUT2D eigenvalue weighted by atomic mass is 9.92. The highest BCUT2D eigenvalue weighted by Gasteiger charge is 2.48. The van der Waals surface area contributed by atoms with Crippen LogP contribution in [0.2, 0.25) is 0 Å². The molecule has 0 aliphatic carbocycles. The van der Waals surface area contributed by atoms with Crippen LogP contribution in [-0.4, -0.2) is 28.9 Å². The van der Waals surface area contributed by atoms with Gasteiger partial charge in [0.25, 0.3) is 0 Å². The molecule has 1 N–H and O–H groups in total. The average molecular weight is 462 g/mol. The van der Waals surface area contributed by atoms with Crippen LogP contribution in [0.15, 0.2) is 78.9 Å². The molecule has 7 heteroatoms. The smallest absolute Gasteiger partial charge is 0.381 e. The van der Waals surface area contributed by atoms with Crippen LogP contribution in [0.3, 0.4) is 0 Å². The summed E-state index contributed by atoms with van der Waals surface area (Å²) in [5, 5.41) is 3.47. The fourth-order valence-corrected chi connectivity index (χ4v) is 5.88. The van der Waals surface area contributed by atoms with Crippen molar-refractivity contribution in [1.29, 1.82) is 0 Å². The molecule has 3 aromatic carbocycles. The third kappa shape index (κ3) is 4.05. The molecule has 0 bridgehead atoms. The summed E-state index contributed by atoms with van der Waals surface area (Å²) >= 11 is 0. The maximum Gasteiger partial charge on any atom is 0.381 e. The number of nitrogens with zero attached hydrogens (tertiary/aromatic N) is 2. The number of nitrogens with one attached hydrogen (secondary N) is 1. The van der Waals surface area contributed by atoms with Crippen LogP contribution in [0.1, 0.15) is 42.6 Å². The first-order chi connectivity index (χ1) is 16.2. The van der Waals surface area contributed by atoms with Gasteiger partial charge in [-0.15, -0.1) is 0 Å². The Morgan fingerprint density at radius 1 is 0.758 bits per heavy atom. The maximum atomic E-state index is 13.3. The Bertz CT molecular complexity index is 1060. The molecule has 2 atom stereocenters. The van der Waals surface area contributed by atoms with Crippen molar-refractivity contribution in [2.45, 2.75) is 32.5 Å². The van der Waals surface area contributed by atoms with Crippen LogP contribution in [0.5, 0.6) is 11.5 Å². The minimum atomic E-state index is -1.47. The molecule has 0 saturated carbocycles. The monoisotopic (exact) mass is 461 g/mol. The molecule has 1 saturated heterocycles. The Balaban J connectivity index is 1.60. The van der Waals surface area contributed by atoms with Crippen LogP contribution >= 0.6 is 8.53 Å². The zero-order chi connectivity index (χ0) is 22.8. The van der Waals surface area contributed by atoms with E-state index in [1.54, 1.807) is 0 Å². The fraction of sp³-hybridized carbons (Fsp3) is 0.269. The minimum absolute atomic E-state index is 0.0460. The number of urea groups is 1. The van der Waals surface area contributed by atoms with Crippen molar-refractivity contribution in [3.63, 3.8) is 0 Å². The molecule has 0 aromatic heterocycles. The molecule has 2 heterocycles. The van der Waals surface area contributed by atoms with Gasteiger partial charge in [0.15, 0.2) is 0 Å². The number of rotatable bonds is 5. The number of para-hydroxylation sites is 2. The molecule has 1 fully saturated rings. The topological polar surface area (TPSA) is 54.0 Å². The van der Waals surface area contributed by atoms with Gasteiger partial charge < -0.3 is 18.8 Å². The Morgan fingerprint density at radius 3 is 1.76 bits per heavy atom. The van der Waals surface area contributed by atoms with Crippen molar-refractivity contribution >= 4 is 14.6 Å². The number of hydrogen-bond donors (Lipinski definition) is 1. The summed E-state index contributed by atoms with van der Waals surface area (Å²) in [4.78, 5) is 17.2. The molecule has 2 aliphatic rings. The van der Waals surface area contributed by atoms with Crippen molar-refractivity contribution in [2.24, 2.45) is 0 Å². The van der Waals surface area contributed by atoms with Crippen molar-refractivity contribution < 1.29 is 13.8 Å². The Morgan fingerprint density at radius 2 is 1.24 bits per heavy atom. The van der Waals surface area contributed by atoms with Crippen LogP contribution < -0.4 is 14.1 Å². The van der Waals surface area contributed by atoms with Gasteiger partial charge >= 0.3 is 14.6 Å². The second-order valence-corrected chi connectivity index (χ2v) is 9.28. The Labute approximate surface area is 196 Å². The van der Waals surface area contributed by atoms with Gasteiger partial charge in [-0.2, -0.15) is 0 Å². The summed E-state index contributed by atoms with van der Waals surface area (Å²) < 4.78 is 13.0. The van der Waals surface area contributed by atoms with Gasteiger partial charge in [-0.05, 0) is 31.5 Å². The molecule has 3 aromatic rings. The highest BCUT2D eigenvalue weighted by atomic mass is 31.2. The molecule has 33 heavy (non-hydrogen) atoms. The summed E-state index contributed by atoms with van der Waals surface area (Å²) in [6.07, 6.45) is 0. The molecule has 0 radical (unpaired) electrons. The molecule has 6 nitrogen and oxygen atoms in total. The van der Waals surface area contributed by atoms with E-state index in [9.17, 15) is 4.79 Å². The van der Waals surface area contributed by atoms with E-state index in [4.69, 9.17) is 9.05 Å². The van der Waals surface area contributed by atoms with Gasteiger partial charge in [-0.3, -0.25) is 0 Å². The number of likely N-dealkylation sites (N-methyl/N-ethyl adjacent to an activating group) is 2. The molecule has 0 spiro atoms. The van der Waals surface area contributed by atoms with Gasteiger partial charge in [-0.25, -0.2) is 9.88 Å². The first-order valence-corrected chi connectivity index (χ1v) is 12.6. The highest BCUT2D eigenvalue weighted by molar-refractivity contribution is 7.45. The maximum absolute atomic E-state index is 13.3. The van der Waals surface area contributed by atoms with Gasteiger partial charge in [0.05, 0.1) is 12.1 Å². The second-order valence-electron chi connectivity index (χ2n) is 8.08. The minimum Gasteiger partial charge on any atom is -0.427 e. The standard InChI is InChI=1S/C26H28N3O3P/c1-3-28-24-20-14-8-10-16-22(20)31-33(27-18-19-12-6-5-7-13-19)32-23-17-11-9-15-21(23)25(24)29(4-2)26(28)30/h5-17,24-25,27H,3-4,18H2,1-2H3/t24-,25-/m1/s1. The lowest BCUT2D eigenvalue weighted by Crippen LogP contribution is -2.32. The van der Waals surface area contributed by atoms with Crippen molar-refractivity contribution in [3.05, 3.63) is 95.6 Å². The molecule has 0 unspecified atom stereocenters. The summed E-state index contributed by atoms with van der Waals surface area (Å²) in [6.45, 7) is 5.93. The zero-order valence-corrected chi connectivity index (χ0v) is 19.7. The van der Waals surface area contributed by atoms with Crippen LogP contribution in [0, 0.1) is 0 Å². The van der Waals surface area contributed by atoms with E-state index in [1.165, 1.54) is 0 Å². The number of carbonyl (C=O) groups is 1. The van der Waals surface area contributed by atoms with E-state index in [-0.39, 0.29) is 18.1 Å². The number of fused-ring (bicyclic) bond motifs is 5. The molecule has 2 aliphatic heterocycles. The van der Waals surface area contributed by atoms with Crippen LogP contribution in [0.4, 0.5) is 4.79 Å². The normalized spacial score (nSPS) is 20.0. The van der Waals surface area contributed by atoms with Gasteiger partial charge in [0.1, 0.15) is 11.5 Å². The van der Waals surface area contributed by atoms with Gasteiger partial charge in [-0.1, -0.05) is 66.7 Å². The first-order valence-electron chi connectivity index (χ1n) is 11.4. The molecule has 5 rings (SSSR count). The summed E-state index contributed by atoms with van der Waals surface area (Å²) in [6, 6.07) is 26.0. The third-order valence-corrected chi connectivity index (χ3v) is 7.38. The number of amides is 2. The average Bonchev–Trinajstić information content (AvgIpc) is 3.16. The van der Waals surface area contributed by atoms with Crippen molar-refractivity contribution in [2.75, 3.05) is 13.1 Å². The first kappa shape index (κ1) is 21.7. The van der Waals surface area contributed by atoms with E-state index >= 15 is 0 Å². The molecular weight excluding hydrogens is 433 g/mol.